The average molecular weight is 490 g/mol. The van der Waals surface area contributed by atoms with E-state index in [0.717, 1.165) is 64.1 Å². The van der Waals surface area contributed by atoms with Crippen LogP contribution in [0.1, 0.15) is 26.3 Å². The molecule has 1 unspecified atom stereocenters. The summed E-state index contributed by atoms with van der Waals surface area (Å²) in [7, 11) is 0. The largest absolute Gasteiger partial charge is 0.494 e. The van der Waals surface area contributed by atoms with Gasteiger partial charge >= 0.3 is 0 Å². The number of ether oxygens (including phenoxy) is 2. The Bertz CT molecular complexity index is 551. The molecule has 1 saturated heterocycles. The van der Waals surface area contributed by atoms with E-state index in [1.807, 2.05) is 19.1 Å². The molecule has 0 aromatic heterocycles. The van der Waals surface area contributed by atoms with E-state index in [4.69, 9.17) is 14.5 Å². The minimum atomic E-state index is 0. The van der Waals surface area contributed by atoms with Crippen molar-refractivity contribution in [2.75, 3.05) is 52.5 Å². The number of para-hydroxylation sites is 1. The first kappa shape index (κ1) is 24.0. The highest BCUT2D eigenvalue weighted by atomic mass is 127. The van der Waals surface area contributed by atoms with Crippen molar-refractivity contribution < 1.29 is 9.47 Å². The monoisotopic (exact) mass is 490 g/mol. The summed E-state index contributed by atoms with van der Waals surface area (Å²) in [5, 5.41) is 6.77. The van der Waals surface area contributed by atoms with Gasteiger partial charge in [-0.2, -0.15) is 0 Å². The van der Waals surface area contributed by atoms with Crippen LogP contribution in [-0.2, 0) is 11.2 Å². The highest BCUT2D eigenvalue weighted by Gasteiger charge is 2.16. The van der Waals surface area contributed by atoms with Crippen LogP contribution in [0.5, 0.6) is 5.75 Å². The normalized spacial score (nSPS) is 16.3. The number of nitrogens with one attached hydrogen (secondary N) is 2. The maximum atomic E-state index is 5.70. The van der Waals surface area contributed by atoms with E-state index in [0.29, 0.717) is 12.6 Å². The van der Waals surface area contributed by atoms with Crippen LogP contribution in [0.4, 0.5) is 0 Å². The molecule has 27 heavy (non-hydrogen) atoms. The molecule has 0 radical (unpaired) electrons. The molecule has 1 fully saturated rings. The Morgan fingerprint density at radius 3 is 2.67 bits per heavy atom. The van der Waals surface area contributed by atoms with Crippen molar-refractivity contribution in [1.29, 1.82) is 0 Å². The molecular weight excluding hydrogens is 455 g/mol. The Morgan fingerprint density at radius 1 is 1.22 bits per heavy atom. The van der Waals surface area contributed by atoms with E-state index in [1.165, 1.54) is 5.56 Å². The quantitative estimate of drug-likeness (QED) is 0.317. The van der Waals surface area contributed by atoms with Gasteiger partial charge in [-0.15, -0.1) is 24.0 Å². The second-order valence-corrected chi connectivity index (χ2v) is 6.43. The summed E-state index contributed by atoms with van der Waals surface area (Å²) >= 11 is 0. The fourth-order valence-electron chi connectivity index (χ4n) is 3.02. The molecule has 2 N–H and O–H groups in total. The second-order valence-electron chi connectivity index (χ2n) is 6.43. The lowest BCUT2D eigenvalue weighted by Gasteiger charge is -2.31. The van der Waals surface area contributed by atoms with E-state index in [-0.39, 0.29) is 24.0 Å². The molecule has 2 rings (SSSR count). The molecule has 6 nitrogen and oxygen atoms in total. The van der Waals surface area contributed by atoms with Crippen LogP contribution in [0.15, 0.2) is 29.3 Å². The Hall–Kier alpha value is -1.06. The molecule has 0 amide bonds. The number of guanidine groups is 1. The number of hydrogen-bond acceptors (Lipinski definition) is 4. The minimum Gasteiger partial charge on any atom is -0.494 e. The minimum absolute atomic E-state index is 0. The highest BCUT2D eigenvalue weighted by molar-refractivity contribution is 14.0. The highest BCUT2D eigenvalue weighted by Crippen LogP contribution is 2.17. The molecule has 1 aromatic carbocycles. The fourth-order valence-corrected chi connectivity index (χ4v) is 3.02. The van der Waals surface area contributed by atoms with E-state index in [9.17, 15) is 0 Å². The zero-order valence-electron chi connectivity index (χ0n) is 16.9. The zero-order valence-corrected chi connectivity index (χ0v) is 19.2. The molecule has 1 aliphatic heterocycles. The third-order valence-corrected chi connectivity index (χ3v) is 4.49. The van der Waals surface area contributed by atoms with Crippen molar-refractivity contribution in [2.45, 2.75) is 33.2 Å². The van der Waals surface area contributed by atoms with Crippen LogP contribution >= 0.6 is 24.0 Å². The summed E-state index contributed by atoms with van der Waals surface area (Å²) in [5.41, 5.74) is 1.22. The Morgan fingerprint density at radius 2 is 1.96 bits per heavy atom. The molecule has 1 heterocycles. The maximum absolute atomic E-state index is 5.70. The predicted octanol–water partition coefficient (Wildman–Crippen LogP) is 2.52. The third kappa shape index (κ3) is 8.66. The van der Waals surface area contributed by atoms with Crippen LogP contribution in [0.25, 0.3) is 0 Å². The van der Waals surface area contributed by atoms with Gasteiger partial charge in [0.15, 0.2) is 5.96 Å². The van der Waals surface area contributed by atoms with Crippen molar-refractivity contribution in [3.63, 3.8) is 0 Å². The predicted molar refractivity (Wildman–Crippen MR) is 123 cm³/mol. The van der Waals surface area contributed by atoms with Crippen LogP contribution in [-0.4, -0.2) is 69.4 Å². The van der Waals surface area contributed by atoms with Crippen LogP contribution in [0, 0.1) is 0 Å². The Kier molecular flexibility index (Phi) is 12.4. The number of halogens is 1. The van der Waals surface area contributed by atoms with Crippen molar-refractivity contribution in [3.8, 4) is 5.75 Å². The molecule has 1 aromatic rings. The van der Waals surface area contributed by atoms with E-state index in [1.54, 1.807) is 0 Å². The van der Waals surface area contributed by atoms with Gasteiger partial charge in [-0.05, 0) is 38.8 Å². The van der Waals surface area contributed by atoms with Crippen molar-refractivity contribution in [3.05, 3.63) is 29.8 Å². The smallest absolute Gasteiger partial charge is 0.191 e. The standard InChI is InChI=1S/C20H34N4O2.HI/c1-4-21-20(23-16-17(3)24-12-14-25-15-13-24)22-11-10-18-8-6-7-9-19(18)26-5-2;/h6-9,17H,4-5,10-16H2,1-3H3,(H2,21,22,23);1H. The van der Waals surface area contributed by atoms with Gasteiger partial charge < -0.3 is 20.1 Å². The lowest BCUT2D eigenvalue weighted by Crippen LogP contribution is -2.44. The molecule has 0 spiro atoms. The number of aliphatic imine (C=N–C) groups is 1. The Labute approximate surface area is 181 Å². The van der Waals surface area contributed by atoms with E-state index < -0.39 is 0 Å². The lowest BCUT2D eigenvalue weighted by atomic mass is 10.1. The number of rotatable bonds is 9. The molecule has 1 atom stereocenters. The van der Waals surface area contributed by atoms with Crippen molar-refractivity contribution >= 4 is 29.9 Å². The molecule has 0 aliphatic carbocycles. The molecule has 0 saturated carbocycles. The van der Waals surface area contributed by atoms with E-state index >= 15 is 0 Å². The second kappa shape index (κ2) is 14.0. The molecular formula is C20H35IN4O2. The van der Waals surface area contributed by atoms with Gasteiger partial charge in [0.05, 0.1) is 26.4 Å². The van der Waals surface area contributed by atoms with Gasteiger partial charge in [-0.25, -0.2) is 0 Å². The van der Waals surface area contributed by atoms with Gasteiger partial charge in [-0.1, -0.05) is 18.2 Å². The lowest BCUT2D eigenvalue weighted by molar-refractivity contribution is 0.0220. The first-order valence-corrected chi connectivity index (χ1v) is 9.79. The molecule has 154 valence electrons. The topological polar surface area (TPSA) is 58.1 Å². The SMILES string of the molecule is CCNC(=NCC(C)N1CCOCC1)NCCc1ccccc1OCC.I. The van der Waals surface area contributed by atoms with Crippen LogP contribution in [0.2, 0.25) is 0 Å². The average Bonchev–Trinajstić information content (AvgIpc) is 2.68. The summed E-state index contributed by atoms with van der Waals surface area (Å²) in [5.74, 6) is 1.85. The molecule has 0 bridgehead atoms. The fraction of sp³-hybridized carbons (Fsp3) is 0.650. The van der Waals surface area contributed by atoms with Gasteiger partial charge in [0.1, 0.15) is 5.75 Å². The number of benzene rings is 1. The summed E-state index contributed by atoms with van der Waals surface area (Å²) in [6, 6.07) is 8.65. The maximum Gasteiger partial charge on any atom is 0.191 e. The van der Waals surface area contributed by atoms with Gasteiger partial charge in [-0.3, -0.25) is 9.89 Å². The first-order valence-electron chi connectivity index (χ1n) is 9.79. The summed E-state index contributed by atoms with van der Waals surface area (Å²) < 4.78 is 11.1. The van der Waals surface area contributed by atoms with E-state index in [2.05, 4.69) is 41.5 Å². The van der Waals surface area contributed by atoms with Gasteiger partial charge in [0.25, 0.3) is 0 Å². The summed E-state index contributed by atoms with van der Waals surface area (Å²) in [4.78, 5) is 7.20. The van der Waals surface area contributed by atoms with Gasteiger partial charge in [0, 0.05) is 32.2 Å². The van der Waals surface area contributed by atoms with Crippen molar-refractivity contribution in [2.24, 2.45) is 4.99 Å². The number of hydrogen-bond donors (Lipinski definition) is 2. The van der Waals surface area contributed by atoms with Crippen LogP contribution < -0.4 is 15.4 Å². The number of nitrogens with zero attached hydrogens (tertiary/aromatic N) is 2. The molecule has 1 aliphatic rings. The molecule has 7 heteroatoms. The summed E-state index contributed by atoms with van der Waals surface area (Å²) in [6.07, 6.45) is 0.902. The number of morpholine rings is 1. The third-order valence-electron chi connectivity index (χ3n) is 4.49. The Balaban J connectivity index is 0.00000364. The summed E-state index contributed by atoms with van der Waals surface area (Å²) in [6.45, 7) is 13.1. The van der Waals surface area contributed by atoms with Gasteiger partial charge in [0.2, 0.25) is 0 Å². The van der Waals surface area contributed by atoms with Crippen molar-refractivity contribution in [1.82, 2.24) is 15.5 Å². The van der Waals surface area contributed by atoms with Crippen LogP contribution in [0.3, 0.4) is 0 Å². The first-order chi connectivity index (χ1) is 12.7. The zero-order chi connectivity index (χ0) is 18.6.